The molecule has 1 aromatic heterocycles. The van der Waals surface area contributed by atoms with Crippen molar-refractivity contribution in [1.82, 2.24) is 10.6 Å². The first kappa shape index (κ1) is 26.9. The number of rotatable bonds is 10. The fraction of sp³-hybridized carbons (Fsp3) is 0.296. The summed E-state index contributed by atoms with van der Waals surface area (Å²) in [7, 11) is 1.51. The van der Waals surface area contributed by atoms with Crippen molar-refractivity contribution in [1.29, 1.82) is 0 Å². The fourth-order valence-corrected chi connectivity index (χ4v) is 4.13. The minimum atomic E-state index is -1.11. The number of ether oxygens (including phenoxy) is 1. The Bertz CT molecular complexity index is 1200. The van der Waals surface area contributed by atoms with Gasteiger partial charge in [-0.25, -0.2) is 4.39 Å². The maximum absolute atomic E-state index is 13.8. The molecule has 36 heavy (non-hydrogen) atoms. The summed E-state index contributed by atoms with van der Waals surface area (Å²) in [5.41, 5.74) is 0.268. The Balaban J connectivity index is 2.04. The number of hydrogen-bond donors (Lipinski definition) is 2. The summed E-state index contributed by atoms with van der Waals surface area (Å²) in [5, 5.41) is 7.40. The summed E-state index contributed by atoms with van der Waals surface area (Å²) in [6.07, 6.45) is 0.658. The van der Waals surface area contributed by atoms with Crippen LogP contribution in [0.1, 0.15) is 48.5 Å². The second kappa shape index (κ2) is 11.8. The van der Waals surface area contributed by atoms with Crippen LogP contribution in [0.3, 0.4) is 0 Å². The van der Waals surface area contributed by atoms with Crippen LogP contribution >= 0.6 is 11.3 Å². The quantitative estimate of drug-likeness (QED) is 0.413. The lowest BCUT2D eigenvalue weighted by molar-refractivity contribution is -0.127. The van der Waals surface area contributed by atoms with Crippen molar-refractivity contribution in [2.75, 3.05) is 18.6 Å². The zero-order chi connectivity index (χ0) is 26.3. The van der Waals surface area contributed by atoms with E-state index in [0.717, 1.165) is 0 Å². The molecule has 1 heterocycles. The van der Waals surface area contributed by atoms with E-state index in [0.29, 0.717) is 28.3 Å². The lowest BCUT2D eigenvalue weighted by Gasteiger charge is -2.34. The van der Waals surface area contributed by atoms with Crippen LogP contribution in [0.15, 0.2) is 66.0 Å². The van der Waals surface area contributed by atoms with Crippen molar-refractivity contribution in [3.63, 3.8) is 0 Å². The van der Waals surface area contributed by atoms with Gasteiger partial charge in [0.2, 0.25) is 11.8 Å². The number of carbonyl (C=O) groups excluding carboxylic acids is 3. The van der Waals surface area contributed by atoms with Crippen LogP contribution in [0.5, 0.6) is 5.75 Å². The van der Waals surface area contributed by atoms with Gasteiger partial charge in [0, 0.05) is 11.2 Å². The first-order valence-corrected chi connectivity index (χ1v) is 12.4. The van der Waals surface area contributed by atoms with Gasteiger partial charge in [-0.05, 0) is 73.7 Å². The van der Waals surface area contributed by atoms with Crippen molar-refractivity contribution in [3.8, 4) is 5.75 Å². The highest BCUT2D eigenvalue weighted by molar-refractivity contribution is 7.12. The van der Waals surface area contributed by atoms with Gasteiger partial charge in [0.15, 0.2) is 0 Å². The molecule has 190 valence electrons. The molecule has 7 nitrogen and oxygen atoms in total. The standard InChI is InChI=1S/C27H30FN3O4S/c1-5-27(2,3)30-26(34)24(18-8-6-9-21(16-18)35-4)31(20-13-11-19(28)12-14-20)23(32)17-29-25(33)22-10-7-15-36-22/h6-16,24H,5,17H2,1-4H3,(H,29,33)(H,30,34). The van der Waals surface area contributed by atoms with Gasteiger partial charge in [-0.15, -0.1) is 11.3 Å². The molecule has 0 bridgehead atoms. The van der Waals surface area contributed by atoms with E-state index in [2.05, 4.69) is 10.6 Å². The summed E-state index contributed by atoms with van der Waals surface area (Å²) in [6, 6.07) is 14.4. The Hall–Kier alpha value is -3.72. The highest BCUT2D eigenvalue weighted by Gasteiger charge is 2.35. The van der Waals surface area contributed by atoms with Gasteiger partial charge in [0.25, 0.3) is 5.91 Å². The average molecular weight is 512 g/mol. The van der Waals surface area contributed by atoms with Crippen molar-refractivity contribution in [2.45, 2.75) is 38.8 Å². The van der Waals surface area contributed by atoms with Crippen molar-refractivity contribution >= 4 is 34.7 Å². The molecule has 2 aromatic carbocycles. The summed E-state index contributed by atoms with van der Waals surface area (Å²) < 4.78 is 19.1. The Morgan fingerprint density at radius 2 is 1.81 bits per heavy atom. The summed E-state index contributed by atoms with van der Waals surface area (Å²) in [5.74, 6) is -1.32. The van der Waals surface area contributed by atoms with Crippen molar-refractivity contribution in [3.05, 3.63) is 82.3 Å². The van der Waals surface area contributed by atoms with E-state index in [9.17, 15) is 18.8 Å². The summed E-state index contributed by atoms with van der Waals surface area (Å²) in [6.45, 7) is 5.36. The van der Waals surface area contributed by atoms with Crippen molar-refractivity contribution in [2.24, 2.45) is 0 Å². The van der Waals surface area contributed by atoms with E-state index in [1.165, 1.54) is 47.6 Å². The number of halogens is 1. The number of carbonyl (C=O) groups is 3. The molecular formula is C27H30FN3O4S. The van der Waals surface area contributed by atoms with E-state index in [1.54, 1.807) is 41.8 Å². The minimum Gasteiger partial charge on any atom is -0.497 e. The SMILES string of the molecule is CCC(C)(C)NC(=O)C(c1cccc(OC)c1)N(C(=O)CNC(=O)c1cccs1)c1ccc(F)cc1. The molecule has 3 amide bonds. The van der Waals surface area contributed by atoms with Gasteiger partial charge < -0.3 is 15.4 Å². The van der Waals surface area contributed by atoms with Gasteiger partial charge in [0.05, 0.1) is 18.5 Å². The number of benzene rings is 2. The molecule has 0 fully saturated rings. The monoisotopic (exact) mass is 511 g/mol. The van der Waals surface area contributed by atoms with Crippen LogP contribution in [0.25, 0.3) is 0 Å². The van der Waals surface area contributed by atoms with Gasteiger partial charge >= 0.3 is 0 Å². The predicted molar refractivity (Wildman–Crippen MR) is 139 cm³/mol. The van der Waals surface area contributed by atoms with Crippen LogP contribution < -0.4 is 20.3 Å². The van der Waals surface area contributed by atoms with Crippen LogP contribution in [-0.4, -0.2) is 36.9 Å². The van der Waals surface area contributed by atoms with Gasteiger partial charge in [-0.1, -0.05) is 25.1 Å². The van der Waals surface area contributed by atoms with Crippen LogP contribution in [0, 0.1) is 5.82 Å². The van der Waals surface area contributed by atoms with E-state index in [-0.39, 0.29) is 6.54 Å². The Labute approximate surface area is 214 Å². The molecule has 0 spiro atoms. The Morgan fingerprint density at radius 3 is 2.42 bits per heavy atom. The average Bonchev–Trinajstić information content (AvgIpc) is 3.41. The maximum atomic E-state index is 13.8. The maximum Gasteiger partial charge on any atom is 0.261 e. The number of amides is 3. The van der Waals surface area contributed by atoms with Crippen LogP contribution in [-0.2, 0) is 9.59 Å². The Kier molecular flexibility index (Phi) is 8.82. The second-order valence-electron chi connectivity index (χ2n) is 8.81. The van der Waals surface area contributed by atoms with E-state index >= 15 is 0 Å². The van der Waals surface area contributed by atoms with E-state index < -0.39 is 35.1 Å². The lowest BCUT2D eigenvalue weighted by atomic mass is 9.98. The summed E-state index contributed by atoms with van der Waals surface area (Å²) in [4.78, 5) is 41.6. The molecule has 0 saturated heterocycles. The van der Waals surface area contributed by atoms with E-state index in [4.69, 9.17) is 4.74 Å². The highest BCUT2D eigenvalue weighted by Crippen LogP contribution is 2.31. The molecule has 0 radical (unpaired) electrons. The fourth-order valence-electron chi connectivity index (χ4n) is 3.49. The zero-order valence-corrected chi connectivity index (χ0v) is 21.5. The topological polar surface area (TPSA) is 87.7 Å². The number of nitrogens with zero attached hydrogens (tertiary/aromatic N) is 1. The smallest absolute Gasteiger partial charge is 0.261 e. The number of thiophene rings is 1. The zero-order valence-electron chi connectivity index (χ0n) is 20.7. The van der Waals surface area contributed by atoms with Crippen LogP contribution in [0.4, 0.5) is 10.1 Å². The number of methoxy groups -OCH3 is 1. The molecule has 9 heteroatoms. The third kappa shape index (κ3) is 6.69. The first-order chi connectivity index (χ1) is 17.1. The molecule has 1 unspecified atom stereocenters. The molecule has 0 saturated carbocycles. The third-order valence-corrected chi connectivity index (χ3v) is 6.65. The highest BCUT2D eigenvalue weighted by atomic mass is 32.1. The Morgan fingerprint density at radius 1 is 1.08 bits per heavy atom. The molecule has 3 rings (SSSR count). The molecule has 0 aliphatic rings. The van der Waals surface area contributed by atoms with Gasteiger partial charge in [-0.2, -0.15) is 0 Å². The largest absolute Gasteiger partial charge is 0.497 e. The van der Waals surface area contributed by atoms with Crippen molar-refractivity contribution < 1.29 is 23.5 Å². The summed E-state index contributed by atoms with van der Waals surface area (Å²) >= 11 is 1.25. The third-order valence-electron chi connectivity index (χ3n) is 5.78. The van der Waals surface area contributed by atoms with Crippen LogP contribution in [0.2, 0.25) is 0 Å². The van der Waals surface area contributed by atoms with Gasteiger partial charge in [0.1, 0.15) is 17.6 Å². The predicted octanol–water partition coefficient (Wildman–Crippen LogP) is 4.70. The van der Waals surface area contributed by atoms with Gasteiger partial charge in [-0.3, -0.25) is 19.3 Å². The molecule has 0 aliphatic carbocycles. The van der Waals surface area contributed by atoms with E-state index in [1.807, 2.05) is 20.8 Å². The molecular weight excluding hydrogens is 481 g/mol. The minimum absolute atomic E-state index is 0.309. The second-order valence-corrected chi connectivity index (χ2v) is 9.75. The molecule has 3 aromatic rings. The molecule has 0 aliphatic heterocycles. The molecule has 2 N–H and O–H groups in total. The normalized spacial score (nSPS) is 11.9. The number of anilines is 1. The number of nitrogens with one attached hydrogen (secondary N) is 2. The number of hydrogen-bond acceptors (Lipinski definition) is 5. The lowest BCUT2D eigenvalue weighted by Crippen LogP contribution is -2.52. The first-order valence-electron chi connectivity index (χ1n) is 11.5. The molecule has 1 atom stereocenters.